The average molecular weight is 407 g/mol. The molecule has 1 amide bonds. The predicted octanol–water partition coefficient (Wildman–Crippen LogP) is 2.11. The second-order valence-electron chi connectivity index (χ2n) is 7.10. The molecule has 3 aromatic rings. The van der Waals surface area contributed by atoms with E-state index in [4.69, 9.17) is 0 Å². The van der Waals surface area contributed by atoms with Crippen LogP contribution in [0, 0.1) is 0 Å². The van der Waals surface area contributed by atoms with Gasteiger partial charge in [-0.05, 0) is 31.7 Å². The molecule has 0 bridgehead atoms. The van der Waals surface area contributed by atoms with Crippen molar-refractivity contribution < 1.29 is 18.0 Å². The Morgan fingerprint density at radius 2 is 1.93 bits per heavy atom. The molecule has 0 aromatic carbocycles. The van der Waals surface area contributed by atoms with E-state index in [1.807, 2.05) is 0 Å². The molecule has 1 fully saturated rings. The Hall–Kier alpha value is -2.95. The lowest BCUT2D eigenvalue weighted by Gasteiger charge is -2.30. The van der Waals surface area contributed by atoms with E-state index in [9.17, 15) is 18.0 Å². The zero-order valence-electron chi connectivity index (χ0n) is 15.4. The summed E-state index contributed by atoms with van der Waals surface area (Å²) in [4.78, 5) is 21.2. The van der Waals surface area contributed by atoms with Crippen LogP contribution in [0.2, 0.25) is 0 Å². The highest BCUT2D eigenvalue weighted by atomic mass is 19.4. The number of hydrogen-bond acceptors (Lipinski definition) is 5. The maximum atomic E-state index is 12.7. The number of rotatable bonds is 5. The molecule has 8 nitrogen and oxygen atoms in total. The van der Waals surface area contributed by atoms with Crippen LogP contribution < -0.4 is 10.6 Å². The van der Waals surface area contributed by atoms with Crippen molar-refractivity contribution in [2.45, 2.75) is 43.9 Å². The molecule has 2 N–H and O–H groups in total. The van der Waals surface area contributed by atoms with E-state index in [1.165, 1.54) is 0 Å². The van der Waals surface area contributed by atoms with Gasteiger partial charge in [0.2, 0.25) is 0 Å². The summed E-state index contributed by atoms with van der Waals surface area (Å²) in [5, 5.41) is 9.67. The summed E-state index contributed by atoms with van der Waals surface area (Å²) in [6.45, 7) is -0.987. The SMILES string of the molecule is O=C(NC1CCC(NCC(F)(F)F)CC1)c1cn2nccc2c(-n2ccnc2)n1. The van der Waals surface area contributed by atoms with Gasteiger partial charge in [-0.1, -0.05) is 0 Å². The second-order valence-corrected chi connectivity index (χ2v) is 7.10. The van der Waals surface area contributed by atoms with Gasteiger partial charge in [0.1, 0.15) is 17.5 Å². The maximum absolute atomic E-state index is 12.7. The monoisotopic (exact) mass is 407 g/mol. The third-order valence-electron chi connectivity index (χ3n) is 5.01. The van der Waals surface area contributed by atoms with Crippen molar-refractivity contribution >= 4 is 11.4 Å². The summed E-state index contributed by atoms with van der Waals surface area (Å²) in [5.41, 5.74) is 0.943. The van der Waals surface area contributed by atoms with Crippen LogP contribution in [0.4, 0.5) is 13.2 Å². The number of halogens is 3. The van der Waals surface area contributed by atoms with Crippen LogP contribution in [-0.2, 0) is 0 Å². The van der Waals surface area contributed by atoms with E-state index in [0.29, 0.717) is 31.5 Å². The van der Waals surface area contributed by atoms with Gasteiger partial charge in [0, 0.05) is 24.5 Å². The Kier molecular flexibility index (Phi) is 5.22. The van der Waals surface area contributed by atoms with Gasteiger partial charge in [-0.25, -0.2) is 14.5 Å². The van der Waals surface area contributed by atoms with E-state index in [0.717, 1.165) is 5.52 Å². The fraction of sp³-hybridized carbons (Fsp3) is 0.444. The zero-order valence-corrected chi connectivity index (χ0v) is 15.4. The number of amides is 1. The van der Waals surface area contributed by atoms with Crippen LogP contribution in [0.25, 0.3) is 11.3 Å². The zero-order chi connectivity index (χ0) is 20.4. The van der Waals surface area contributed by atoms with Gasteiger partial charge in [-0.3, -0.25) is 9.36 Å². The number of nitrogens with zero attached hydrogens (tertiary/aromatic N) is 5. The van der Waals surface area contributed by atoms with Gasteiger partial charge < -0.3 is 10.6 Å². The Morgan fingerprint density at radius 3 is 2.62 bits per heavy atom. The Labute approximate surface area is 164 Å². The van der Waals surface area contributed by atoms with Crippen LogP contribution >= 0.6 is 0 Å². The minimum atomic E-state index is -4.21. The lowest BCUT2D eigenvalue weighted by atomic mass is 9.91. The number of aromatic nitrogens is 5. The van der Waals surface area contributed by atoms with Crippen molar-refractivity contribution in [3.05, 3.63) is 42.9 Å². The Morgan fingerprint density at radius 1 is 1.17 bits per heavy atom. The first-order chi connectivity index (χ1) is 13.9. The van der Waals surface area contributed by atoms with Crippen molar-refractivity contribution in [3.63, 3.8) is 0 Å². The van der Waals surface area contributed by atoms with Gasteiger partial charge >= 0.3 is 6.18 Å². The lowest BCUT2D eigenvalue weighted by molar-refractivity contribution is -0.126. The molecule has 0 saturated heterocycles. The summed E-state index contributed by atoms with van der Waals surface area (Å²) < 4.78 is 40.3. The third-order valence-corrected chi connectivity index (χ3v) is 5.01. The van der Waals surface area contributed by atoms with Crippen LogP contribution in [0.3, 0.4) is 0 Å². The highest BCUT2D eigenvalue weighted by molar-refractivity contribution is 5.93. The molecule has 3 heterocycles. The maximum Gasteiger partial charge on any atom is 0.401 e. The molecule has 0 atom stereocenters. The van der Waals surface area contributed by atoms with Crippen molar-refractivity contribution in [2.75, 3.05) is 6.54 Å². The van der Waals surface area contributed by atoms with Gasteiger partial charge in [0.05, 0.1) is 18.9 Å². The third kappa shape index (κ3) is 4.56. The molecular weight excluding hydrogens is 387 g/mol. The molecule has 3 aromatic heterocycles. The number of imidazole rings is 1. The van der Waals surface area contributed by atoms with Crippen molar-refractivity contribution in [2.24, 2.45) is 0 Å². The summed E-state index contributed by atoms with van der Waals surface area (Å²) in [6, 6.07) is 1.51. The first-order valence-electron chi connectivity index (χ1n) is 9.33. The van der Waals surface area contributed by atoms with E-state index in [1.54, 1.807) is 46.3 Å². The smallest absolute Gasteiger partial charge is 0.348 e. The van der Waals surface area contributed by atoms with Gasteiger partial charge in [-0.15, -0.1) is 0 Å². The molecule has 0 unspecified atom stereocenters. The summed E-state index contributed by atoms with van der Waals surface area (Å²) in [6.07, 6.45) is 6.27. The molecule has 1 aliphatic rings. The van der Waals surface area contributed by atoms with E-state index in [-0.39, 0.29) is 23.7 Å². The molecule has 29 heavy (non-hydrogen) atoms. The summed E-state index contributed by atoms with van der Waals surface area (Å²) in [7, 11) is 0. The standard InChI is InChI=1S/C18H20F3N7O/c19-18(20,21)10-23-12-1-3-13(4-2-12)25-17(29)14-9-28-15(5-6-24-28)16(26-14)27-8-7-22-11-27/h5-9,11-13,23H,1-4,10H2,(H,25,29). The first-order valence-corrected chi connectivity index (χ1v) is 9.33. The van der Waals surface area contributed by atoms with Gasteiger partial charge in [0.15, 0.2) is 5.82 Å². The van der Waals surface area contributed by atoms with Crippen LogP contribution in [0.5, 0.6) is 0 Å². The molecule has 154 valence electrons. The van der Waals surface area contributed by atoms with E-state index in [2.05, 4.69) is 25.7 Å². The predicted molar refractivity (Wildman–Crippen MR) is 97.7 cm³/mol. The number of alkyl halides is 3. The topological polar surface area (TPSA) is 89.1 Å². The number of nitrogens with one attached hydrogen (secondary N) is 2. The minimum absolute atomic E-state index is 0.0988. The van der Waals surface area contributed by atoms with E-state index >= 15 is 0 Å². The van der Waals surface area contributed by atoms with E-state index < -0.39 is 12.7 Å². The van der Waals surface area contributed by atoms with Crippen molar-refractivity contribution in [1.29, 1.82) is 0 Å². The molecule has 1 saturated carbocycles. The lowest BCUT2D eigenvalue weighted by Crippen LogP contribution is -2.44. The number of carbonyl (C=O) groups is 1. The second kappa shape index (κ2) is 7.82. The molecule has 11 heteroatoms. The summed E-state index contributed by atoms with van der Waals surface area (Å²) >= 11 is 0. The largest absolute Gasteiger partial charge is 0.401 e. The molecule has 0 spiro atoms. The molecule has 0 aliphatic heterocycles. The number of carbonyl (C=O) groups excluding carboxylic acids is 1. The Bertz CT molecular complexity index is 975. The van der Waals surface area contributed by atoms with Crippen LogP contribution in [-0.4, -0.2) is 54.9 Å². The number of fused-ring (bicyclic) bond motifs is 1. The quantitative estimate of drug-likeness (QED) is 0.676. The Balaban J connectivity index is 1.41. The van der Waals surface area contributed by atoms with Gasteiger partial charge in [0.25, 0.3) is 5.91 Å². The fourth-order valence-electron chi connectivity index (χ4n) is 3.56. The molecule has 4 rings (SSSR count). The fourth-order valence-corrected chi connectivity index (χ4v) is 3.56. The molecule has 0 radical (unpaired) electrons. The van der Waals surface area contributed by atoms with Gasteiger partial charge in [-0.2, -0.15) is 18.3 Å². The number of hydrogen-bond donors (Lipinski definition) is 2. The normalized spacial score (nSPS) is 20.1. The van der Waals surface area contributed by atoms with Crippen molar-refractivity contribution in [3.8, 4) is 5.82 Å². The summed E-state index contributed by atoms with van der Waals surface area (Å²) in [5.74, 6) is 0.197. The first kappa shape index (κ1) is 19.4. The average Bonchev–Trinajstić information content (AvgIpc) is 3.37. The van der Waals surface area contributed by atoms with Crippen molar-refractivity contribution in [1.82, 2.24) is 34.8 Å². The van der Waals surface area contributed by atoms with Crippen LogP contribution in [0.1, 0.15) is 36.2 Å². The highest BCUT2D eigenvalue weighted by Gasteiger charge is 2.30. The molecular formula is C18H20F3N7O. The molecule has 1 aliphatic carbocycles. The minimum Gasteiger partial charge on any atom is -0.348 e. The highest BCUT2D eigenvalue weighted by Crippen LogP contribution is 2.21. The van der Waals surface area contributed by atoms with Crippen LogP contribution in [0.15, 0.2) is 37.2 Å².